The molecule has 1 fully saturated rings. The Labute approximate surface area is 153 Å². The highest BCUT2D eigenvalue weighted by Gasteiger charge is 2.33. The Morgan fingerprint density at radius 2 is 2.04 bits per heavy atom. The summed E-state index contributed by atoms with van der Waals surface area (Å²) in [5, 5.41) is -0.367. The molecule has 0 radical (unpaired) electrons. The molecular formula is C17H19F3N2O3S. The van der Waals surface area contributed by atoms with Crippen LogP contribution in [0.5, 0.6) is 0 Å². The minimum absolute atomic E-state index is 0.0000174. The number of halogens is 3. The van der Waals surface area contributed by atoms with Crippen LogP contribution in [0.1, 0.15) is 35.7 Å². The van der Waals surface area contributed by atoms with Crippen LogP contribution >= 0.6 is 11.8 Å². The van der Waals surface area contributed by atoms with Crippen molar-refractivity contribution < 1.29 is 27.6 Å². The number of amides is 3. The molecule has 1 saturated heterocycles. The number of rotatable bonds is 7. The molecule has 142 valence electrons. The van der Waals surface area contributed by atoms with Crippen LogP contribution in [0.2, 0.25) is 0 Å². The van der Waals surface area contributed by atoms with Crippen LogP contribution in [0.4, 0.5) is 18.0 Å². The van der Waals surface area contributed by atoms with Crippen LogP contribution in [0.15, 0.2) is 24.3 Å². The highest BCUT2D eigenvalue weighted by molar-refractivity contribution is 8.14. The van der Waals surface area contributed by atoms with Gasteiger partial charge in [-0.25, -0.2) is 0 Å². The molecule has 1 aliphatic rings. The first-order chi connectivity index (χ1) is 12.2. The number of hydrogen-bond donors (Lipinski definition) is 0. The lowest BCUT2D eigenvalue weighted by Gasteiger charge is -2.24. The van der Waals surface area contributed by atoms with Gasteiger partial charge in [-0.1, -0.05) is 37.2 Å². The first kappa shape index (κ1) is 20.3. The Morgan fingerprint density at radius 1 is 1.31 bits per heavy atom. The number of alkyl halides is 3. The number of nitrogens with zero attached hydrogens (tertiary/aromatic N) is 2. The van der Waals surface area contributed by atoms with E-state index in [-0.39, 0.29) is 35.6 Å². The molecule has 1 aromatic rings. The summed E-state index contributed by atoms with van der Waals surface area (Å²) in [4.78, 5) is 37.7. The van der Waals surface area contributed by atoms with Crippen molar-refractivity contribution in [2.45, 2.75) is 32.5 Å². The Morgan fingerprint density at radius 3 is 2.62 bits per heavy atom. The monoisotopic (exact) mass is 388 g/mol. The molecule has 3 amide bonds. The average Bonchev–Trinajstić information content (AvgIpc) is 2.89. The average molecular weight is 388 g/mol. The van der Waals surface area contributed by atoms with Crippen LogP contribution in [0.25, 0.3) is 0 Å². The Balaban J connectivity index is 2.16. The molecule has 0 N–H and O–H groups in total. The highest BCUT2D eigenvalue weighted by atomic mass is 32.2. The maximum absolute atomic E-state index is 12.8. The second kappa shape index (κ2) is 8.57. The van der Waals surface area contributed by atoms with Crippen molar-refractivity contribution in [1.82, 2.24) is 9.80 Å². The van der Waals surface area contributed by atoms with Gasteiger partial charge in [-0.2, -0.15) is 13.2 Å². The Bertz CT molecular complexity index is 678. The second-order valence-electron chi connectivity index (χ2n) is 5.93. The first-order valence-corrected chi connectivity index (χ1v) is 9.12. The molecule has 1 aliphatic heterocycles. The smallest absolute Gasteiger partial charge is 0.330 e. The molecule has 0 atom stereocenters. The highest BCUT2D eigenvalue weighted by Crippen LogP contribution is 2.23. The lowest BCUT2D eigenvalue weighted by Crippen LogP contribution is -2.39. The number of imide groups is 1. The maximum atomic E-state index is 12.8. The molecule has 0 unspecified atom stereocenters. The predicted octanol–water partition coefficient (Wildman–Crippen LogP) is 3.69. The van der Waals surface area contributed by atoms with Crippen molar-refractivity contribution in [3.8, 4) is 0 Å². The van der Waals surface area contributed by atoms with Gasteiger partial charge >= 0.3 is 6.18 Å². The maximum Gasteiger partial charge on any atom is 0.406 e. The molecule has 0 aliphatic carbocycles. The van der Waals surface area contributed by atoms with Crippen molar-refractivity contribution in [3.05, 3.63) is 35.4 Å². The van der Waals surface area contributed by atoms with Gasteiger partial charge in [0.15, 0.2) is 0 Å². The summed E-state index contributed by atoms with van der Waals surface area (Å²) in [6, 6.07) is 6.03. The first-order valence-electron chi connectivity index (χ1n) is 8.13. The van der Waals surface area contributed by atoms with Crippen LogP contribution < -0.4 is 0 Å². The summed E-state index contributed by atoms with van der Waals surface area (Å²) < 4.78 is 38.3. The summed E-state index contributed by atoms with van der Waals surface area (Å²) >= 11 is 0.901. The van der Waals surface area contributed by atoms with Gasteiger partial charge in [0, 0.05) is 12.1 Å². The zero-order valence-corrected chi connectivity index (χ0v) is 15.0. The fourth-order valence-corrected chi connectivity index (χ4v) is 3.24. The summed E-state index contributed by atoms with van der Waals surface area (Å²) in [5.74, 6) is -0.960. The van der Waals surface area contributed by atoms with Gasteiger partial charge in [-0.3, -0.25) is 19.3 Å². The lowest BCUT2D eigenvalue weighted by molar-refractivity contribution is -0.140. The number of carbonyl (C=O) groups is 3. The van der Waals surface area contributed by atoms with Gasteiger partial charge in [-0.05, 0) is 24.1 Å². The third-order valence-corrected chi connectivity index (χ3v) is 4.65. The van der Waals surface area contributed by atoms with E-state index < -0.39 is 18.6 Å². The van der Waals surface area contributed by atoms with Crippen LogP contribution in [-0.4, -0.2) is 51.9 Å². The Hall–Kier alpha value is -2.03. The minimum Gasteiger partial charge on any atom is -0.330 e. The predicted molar refractivity (Wildman–Crippen MR) is 91.7 cm³/mol. The van der Waals surface area contributed by atoms with E-state index in [4.69, 9.17) is 0 Å². The second-order valence-corrected chi connectivity index (χ2v) is 6.86. The van der Waals surface area contributed by atoms with Crippen molar-refractivity contribution in [2.24, 2.45) is 0 Å². The van der Waals surface area contributed by atoms with Gasteiger partial charge in [0.2, 0.25) is 5.91 Å². The number of unbranched alkanes of at least 4 members (excludes halogenated alkanes) is 1. The topological polar surface area (TPSA) is 57.7 Å². The van der Waals surface area contributed by atoms with E-state index in [0.717, 1.165) is 21.6 Å². The molecule has 0 spiro atoms. The minimum atomic E-state index is -4.48. The SMILES string of the molecule is CCCCN(CC(F)(F)F)C(=O)c1cccc(CN2C(=O)CSC2=O)c1. The van der Waals surface area contributed by atoms with Gasteiger partial charge in [0.05, 0.1) is 12.3 Å². The standard InChI is InChI=1S/C17H19F3N2O3S/c1-2-3-7-21(11-17(18,19)20)15(24)13-6-4-5-12(8-13)9-22-14(23)10-26-16(22)25/h4-6,8H,2-3,7,9-11H2,1H3. The van der Waals surface area contributed by atoms with E-state index in [1.54, 1.807) is 6.07 Å². The number of benzene rings is 1. The summed E-state index contributed by atoms with van der Waals surface area (Å²) in [6.45, 7) is 0.535. The fraction of sp³-hybridized carbons (Fsp3) is 0.471. The molecule has 2 rings (SSSR count). The van der Waals surface area contributed by atoms with Gasteiger partial charge in [0.25, 0.3) is 11.1 Å². The normalized spacial score (nSPS) is 14.8. The molecule has 26 heavy (non-hydrogen) atoms. The molecule has 0 aromatic heterocycles. The van der Waals surface area contributed by atoms with Gasteiger partial charge in [0.1, 0.15) is 6.54 Å². The summed E-state index contributed by atoms with van der Waals surface area (Å²) in [6.07, 6.45) is -3.35. The third-order valence-electron chi connectivity index (χ3n) is 3.79. The summed E-state index contributed by atoms with van der Waals surface area (Å²) in [5.41, 5.74) is 0.622. The molecule has 1 heterocycles. The van der Waals surface area contributed by atoms with E-state index in [2.05, 4.69) is 0 Å². The van der Waals surface area contributed by atoms with Crippen molar-refractivity contribution in [1.29, 1.82) is 0 Å². The Kier molecular flexibility index (Phi) is 6.69. The number of carbonyl (C=O) groups excluding carboxylic acids is 3. The summed E-state index contributed by atoms with van der Waals surface area (Å²) in [7, 11) is 0. The lowest BCUT2D eigenvalue weighted by atomic mass is 10.1. The van der Waals surface area contributed by atoms with E-state index in [0.29, 0.717) is 18.4 Å². The zero-order chi connectivity index (χ0) is 19.3. The van der Waals surface area contributed by atoms with E-state index in [1.807, 2.05) is 6.92 Å². The number of thioether (sulfide) groups is 1. The van der Waals surface area contributed by atoms with Crippen molar-refractivity contribution in [2.75, 3.05) is 18.8 Å². The largest absolute Gasteiger partial charge is 0.406 e. The zero-order valence-electron chi connectivity index (χ0n) is 14.2. The molecule has 0 bridgehead atoms. The quantitative estimate of drug-likeness (QED) is 0.715. The van der Waals surface area contributed by atoms with Gasteiger partial charge < -0.3 is 4.90 Å². The third kappa shape index (κ3) is 5.48. The molecule has 5 nitrogen and oxygen atoms in total. The molecular weight excluding hydrogens is 369 g/mol. The van der Waals surface area contributed by atoms with E-state index >= 15 is 0 Å². The van der Waals surface area contributed by atoms with Crippen LogP contribution in [0, 0.1) is 0 Å². The molecule has 1 aromatic carbocycles. The van der Waals surface area contributed by atoms with E-state index in [9.17, 15) is 27.6 Å². The van der Waals surface area contributed by atoms with Gasteiger partial charge in [-0.15, -0.1) is 0 Å². The fourth-order valence-electron chi connectivity index (χ4n) is 2.52. The van der Waals surface area contributed by atoms with Crippen LogP contribution in [0.3, 0.4) is 0 Å². The number of hydrogen-bond acceptors (Lipinski definition) is 4. The van der Waals surface area contributed by atoms with Crippen molar-refractivity contribution >= 4 is 28.8 Å². The van der Waals surface area contributed by atoms with Crippen molar-refractivity contribution in [3.63, 3.8) is 0 Å². The van der Waals surface area contributed by atoms with E-state index in [1.165, 1.54) is 18.2 Å². The molecule has 9 heteroatoms. The van der Waals surface area contributed by atoms with Crippen LogP contribution in [-0.2, 0) is 11.3 Å². The molecule has 0 saturated carbocycles.